The predicted molar refractivity (Wildman–Crippen MR) is 57.5 cm³/mol. The molecule has 0 spiro atoms. The molecule has 1 heterocycles. The number of aromatic nitrogens is 2. The van der Waals surface area contributed by atoms with Crippen molar-refractivity contribution in [1.29, 1.82) is 0 Å². The summed E-state index contributed by atoms with van der Waals surface area (Å²) < 4.78 is 0.666. The predicted octanol–water partition coefficient (Wildman–Crippen LogP) is -4.60. The number of H-pyrrole nitrogens is 1. The SMILES string of the molecule is CCCCn1c(=O)[nH]c(C(=O)[O-])c(C(=O)O)c1=O.[Na+]. The molecule has 0 amide bonds. The van der Waals surface area contributed by atoms with Gasteiger partial charge in [0.15, 0.2) is 5.56 Å². The van der Waals surface area contributed by atoms with E-state index >= 15 is 0 Å². The van der Waals surface area contributed by atoms with E-state index in [9.17, 15) is 24.3 Å². The number of aromatic carboxylic acids is 2. The molecule has 1 aromatic heterocycles. The molecule has 0 saturated heterocycles. The van der Waals surface area contributed by atoms with Crippen LogP contribution in [0.1, 0.15) is 40.6 Å². The van der Waals surface area contributed by atoms with Gasteiger partial charge in [-0.3, -0.25) is 9.36 Å². The van der Waals surface area contributed by atoms with Gasteiger partial charge in [-0.05, 0) is 6.42 Å². The molecule has 0 aromatic carbocycles. The fourth-order valence-electron chi connectivity index (χ4n) is 1.44. The van der Waals surface area contributed by atoms with Crippen molar-refractivity contribution in [3.8, 4) is 0 Å². The van der Waals surface area contributed by atoms with Gasteiger partial charge in [0.1, 0.15) is 0 Å². The Labute approximate surface area is 129 Å². The number of nitrogens with zero attached hydrogens (tertiary/aromatic N) is 1. The van der Waals surface area contributed by atoms with Crippen molar-refractivity contribution >= 4 is 11.9 Å². The zero-order chi connectivity index (χ0) is 13.9. The maximum Gasteiger partial charge on any atom is 1.00 e. The smallest absolute Gasteiger partial charge is 0.543 e. The molecule has 0 aliphatic rings. The molecule has 0 aliphatic carbocycles. The Morgan fingerprint density at radius 2 is 1.95 bits per heavy atom. The van der Waals surface area contributed by atoms with Crippen molar-refractivity contribution in [2.45, 2.75) is 26.3 Å². The Kier molecular flexibility index (Phi) is 6.74. The van der Waals surface area contributed by atoms with Crippen LogP contribution in [0, 0.1) is 0 Å². The Bertz CT molecular complexity index is 603. The van der Waals surface area contributed by atoms with Crippen molar-refractivity contribution in [3.05, 3.63) is 32.1 Å². The van der Waals surface area contributed by atoms with Crippen molar-refractivity contribution in [2.24, 2.45) is 0 Å². The Morgan fingerprint density at radius 1 is 1.37 bits per heavy atom. The maximum absolute atomic E-state index is 11.7. The molecule has 9 heteroatoms. The number of unbranched alkanes of at least 4 members (excludes halogenated alkanes) is 1. The average molecular weight is 278 g/mol. The van der Waals surface area contributed by atoms with Crippen LogP contribution in [0.3, 0.4) is 0 Å². The van der Waals surface area contributed by atoms with E-state index in [4.69, 9.17) is 5.11 Å². The summed E-state index contributed by atoms with van der Waals surface area (Å²) in [6, 6.07) is 0. The van der Waals surface area contributed by atoms with Crippen molar-refractivity contribution in [1.82, 2.24) is 9.55 Å². The molecular weight excluding hydrogens is 267 g/mol. The van der Waals surface area contributed by atoms with Crippen LogP contribution in [0.2, 0.25) is 0 Å². The third-order valence-electron chi connectivity index (χ3n) is 2.34. The third-order valence-corrected chi connectivity index (χ3v) is 2.34. The fourth-order valence-corrected chi connectivity index (χ4v) is 1.44. The normalized spacial score (nSPS) is 9.74. The molecule has 0 unspecified atom stereocenters. The Balaban J connectivity index is 0.00000324. The second-order valence-electron chi connectivity index (χ2n) is 3.58. The van der Waals surface area contributed by atoms with E-state index in [2.05, 4.69) is 0 Å². The maximum atomic E-state index is 11.7. The first-order chi connectivity index (χ1) is 8.40. The van der Waals surface area contributed by atoms with E-state index in [0.29, 0.717) is 17.4 Å². The van der Waals surface area contributed by atoms with Crippen LogP contribution in [0.4, 0.5) is 0 Å². The molecule has 0 aliphatic heterocycles. The summed E-state index contributed by atoms with van der Waals surface area (Å²) >= 11 is 0. The van der Waals surface area contributed by atoms with Crippen LogP contribution in [0.5, 0.6) is 0 Å². The number of nitrogens with one attached hydrogen (secondary N) is 1. The molecule has 0 radical (unpaired) electrons. The van der Waals surface area contributed by atoms with E-state index in [1.165, 1.54) is 0 Å². The molecule has 2 N–H and O–H groups in total. The molecule has 0 bridgehead atoms. The van der Waals surface area contributed by atoms with Crippen molar-refractivity contribution in [3.63, 3.8) is 0 Å². The number of aromatic amines is 1. The Morgan fingerprint density at radius 3 is 2.37 bits per heavy atom. The molecular formula is C10H11N2NaO6. The standard InChI is InChI=1S/C10H12N2O6.Na/c1-2-3-4-12-7(13)5(8(14)15)6(9(16)17)11-10(12)18;/h2-4H2,1H3,(H,11,18)(H,14,15)(H,16,17);/q;+1/p-1. The van der Waals surface area contributed by atoms with Gasteiger partial charge in [-0.1, -0.05) is 13.3 Å². The van der Waals surface area contributed by atoms with E-state index in [1.54, 1.807) is 0 Å². The molecule has 0 fully saturated rings. The molecule has 0 atom stereocenters. The van der Waals surface area contributed by atoms with Gasteiger partial charge in [-0.25, -0.2) is 9.59 Å². The number of hydrogen-bond donors (Lipinski definition) is 2. The van der Waals surface area contributed by atoms with Crippen LogP contribution in [-0.4, -0.2) is 26.6 Å². The van der Waals surface area contributed by atoms with Crippen LogP contribution in [0.25, 0.3) is 0 Å². The zero-order valence-electron chi connectivity index (χ0n) is 10.6. The average Bonchev–Trinajstić information content (AvgIpc) is 2.27. The van der Waals surface area contributed by atoms with Crippen LogP contribution in [0.15, 0.2) is 9.59 Å². The van der Waals surface area contributed by atoms with Crippen LogP contribution in [-0.2, 0) is 6.54 Å². The second kappa shape index (κ2) is 7.27. The minimum atomic E-state index is -1.91. The quantitative estimate of drug-likeness (QED) is 0.521. The molecule has 19 heavy (non-hydrogen) atoms. The summed E-state index contributed by atoms with van der Waals surface area (Å²) in [6.45, 7) is 1.85. The van der Waals surface area contributed by atoms with E-state index in [1.807, 2.05) is 11.9 Å². The van der Waals surface area contributed by atoms with Gasteiger partial charge in [0, 0.05) is 6.54 Å². The molecule has 8 nitrogen and oxygen atoms in total. The summed E-state index contributed by atoms with van der Waals surface area (Å²) in [7, 11) is 0. The molecule has 1 rings (SSSR count). The largest absolute Gasteiger partial charge is 1.00 e. The van der Waals surface area contributed by atoms with E-state index in [0.717, 1.165) is 0 Å². The Hall–Kier alpha value is -1.38. The zero-order valence-corrected chi connectivity index (χ0v) is 12.6. The first-order valence-corrected chi connectivity index (χ1v) is 5.21. The summed E-state index contributed by atoms with van der Waals surface area (Å²) in [5.41, 5.74) is -4.10. The number of carbonyl (C=O) groups excluding carboxylic acids is 1. The van der Waals surface area contributed by atoms with Crippen LogP contribution >= 0.6 is 0 Å². The number of carboxylic acid groups (broad SMARTS) is 2. The molecule has 98 valence electrons. The minimum absolute atomic E-state index is 0. The molecule has 1 aromatic rings. The second-order valence-corrected chi connectivity index (χ2v) is 3.58. The van der Waals surface area contributed by atoms with E-state index in [-0.39, 0.29) is 36.1 Å². The summed E-state index contributed by atoms with van der Waals surface area (Å²) in [4.78, 5) is 46.6. The van der Waals surface area contributed by atoms with Gasteiger partial charge in [0.25, 0.3) is 5.56 Å². The topological polar surface area (TPSA) is 132 Å². The number of carboxylic acids is 2. The van der Waals surface area contributed by atoms with Crippen molar-refractivity contribution < 1.29 is 49.4 Å². The van der Waals surface area contributed by atoms with Crippen LogP contribution < -0.4 is 45.9 Å². The van der Waals surface area contributed by atoms with Gasteiger partial charge in [0.05, 0.1) is 11.7 Å². The summed E-state index contributed by atoms with van der Waals surface area (Å²) in [5, 5.41) is 19.5. The number of carbonyl (C=O) groups is 2. The number of hydrogen-bond acceptors (Lipinski definition) is 5. The first-order valence-electron chi connectivity index (χ1n) is 5.21. The summed E-state index contributed by atoms with van der Waals surface area (Å²) in [6.07, 6.45) is 1.18. The van der Waals surface area contributed by atoms with E-state index < -0.39 is 34.4 Å². The fraction of sp³-hybridized carbons (Fsp3) is 0.400. The van der Waals surface area contributed by atoms with Gasteiger partial charge >= 0.3 is 41.2 Å². The molecule has 0 saturated carbocycles. The summed E-state index contributed by atoms with van der Waals surface area (Å²) in [5.74, 6) is -3.63. The van der Waals surface area contributed by atoms with Gasteiger partial charge in [-0.2, -0.15) is 0 Å². The first kappa shape index (κ1) is 17.6. The van der Waals surface area contributed by atoms with Gasteiger partial charge < -0.3 is 20.0 Å². The van der Waals surface area contributed by atoms with Gasteiger partial charge in [0.2, 0.25) is 0 Å². The number of rotatable bonds is 5. The van der Waals surface area contributed by atoms with Crippen molar-refractivity contribution in [2.75, 3.05) is 0 Å². The monoisotopic (exact) mass is 278 g/mol. The van der Waals surface area contributed by atoms with Gasteiger partial charge in [-0.15, -0.1) is 0 Å². The minimum Gasteiger partial charge on any atom is -0.543 e. The third kappa shape index (κ3) is 3.79.